The molecule has 1 aliphatic carbocycles. The molecule has 2 aromatic heterocycles. The zero-order valence-corrected chi connectivity index (χ0v) is 15.1. The van der Waals surface area contributed by atoms with Crippen molar-refractivity contribution in [2.24, 2.45) is 5.41 Å². The molecule has 4 N–H and O–H groups in total. The first-order chi connectivity index (χ1) is 12.5. The highest BCUT2D eigenvalue weighted by molar-refractivity contribution is 5.99. The lowest BCUT2D eigenvalue weighted by Gasteiger charge is -2.28. The first-order valence-corrected chi connectivity index (χ1v) is 9.05. The second kappa shape index (κ2) is 6.29. The molecule has 0 aliphatic heterocycles. The van der Waals surface area contributed by atoms with E-state index in [4.69, 9.17) is 5.11 Å². The summed E-state index contributed by atoms with van der Waals surface area (Å²) in [6, 6.07) is 7.62. The second-order valence-electron chi connectivity index (χ2n) is 7.83. The molecule has 3 aromatic rings. The molecule has 6 nitrogen and oxygen atoms in total. The minimum absolute atomic E-state index is 0.0661. The van der Waals surface area contributed by atoms with Crippen LogP contribution in [0, 0.1) is 5.41 Å². The number of hydrogen-bond donors (Lipinski definition) is 4. The molecule has 26 heavy (non-hydrogen) atoms. The molecule has 1 aliphatic rings. The summed E-state index contributed by atoms with van der Waals surface area (Å²) in [4.78, 5) is 15.5. The Hall–Kier alpha value is -2.60. The normalized spacial score (nSPS) is 15.8. The summed E-state index contributed by atoms with van der Waals surface area (Å²) in [5.41, 5.74) is 6.38. The predicted molar refractivity (Wildman–Crippen MR) is 101 cm³/mol. The molecule has 1 aromatic carbocycles. The lowest BCUT2D eigenvalue weighted by atomic mass is 9.76. The fourth-order valence-electron chi connectivity index (χ4n) is 3.74. The second-order valence-corrected chi connectivity index (χ2v) is 7.83. The number of carbonyl (C=O) groups is 1. The topological polar surface area (TPSA) is 93.8 Å². The highest BCUT2D eigenvalue weighted by Gasteiger charge is 2.29. The quantitative estimate of drug-likeness (QED) is 0.582. The summed E-state index contributed by atoms with van der Waals surface area (Å²) in [6.45, 7) is 4.78. The number of fused-ring (bicyclic) bond motifs is 2. The number of aliphatic hydroxyl groups is 1. The van der Waals surface area contributed by atoms with Crippen molar-refractivity contribution in [1.29, 1.82) is 0 Å². The molecule has 0 unspecified atom stereocenters. The van der Waals surface area contributed by atoms with Crippen LogP contribution in [0.25, 0.3) is 22.3 Å². The number of aliphatic hydroxyl groups excluding tert-OH is 1. The Bertz CT molecular complexity index is 968. The van der Waals surface area contributed by atoms with E-state index in [0.29, 0.717) is 11.0 Å². The molecule has 1 amide bonds. The molecule has 0 atom stereocenters. The van der Waals surface area contributed by atoms with Gasteiger partial charge in [0.15, 0.2) is 0 Å². The van der Waals surface area contributed by atoms with Crippen LogP contribution in [0.15, 0.2) is 24.3 Å². The number of carbonyl (C=O) groups excluding carboxylic acids is 1. The van der Waals surface area contributed by atoms with Crippen molar-refractivity contribution in [2.45, 2.75) is 33.1 Å². The number of aromatic amines is 2. The number of nitrogens with one attached hydrogen (secondary N) is 3. The van der Waals surface area contributed by atoms with Crippen molar-refractivity contribution in [3.63, 3.8) is 0 Å². The number of aromatic nitrogens is 3. The van der Waals surface area contributed by atoms with Crippen LogP contribution in [0.1, 0.15) is 41.9 Å². The van der Waals surface area contributed by atoms with E-state index in [9.17, 15) is 4.79 Å². The van der Waals surface area contributed by atoms with E-state index >= 15 is 0 Å². The Morgan fingerprint density at radius 1 is 1.35 bits per heavy atom. The smallest absolute Gasteiger partial charge is 0.251 e. The van der Waals surface area contributed by atoms with E-state index in [1.54, 1.807) is 6.07 Å². The van der Waals surface area contributed by atoms with E-state index in [-0.39, 0.29) is 19.1 Å². The lowest BCUT2D eigenvalue weighted by Crippen LogP contribution is -2.26. The van der Waals surface area contributed by atoms with Gasteiger partial charge in [-0.05, 0) is 48.9 Å². The minimum Gasteiger partial charge on any atom is -0.395 e. The van der Waals surface area contributed by atoms with Gasteiger partial charge in [-0.2, -0.15) is 5.10 Å². The summed E-state index contributed by atoms with van der Waals surface area (Å²) in [5, 5.41) is 20.3. The molecule has 0 saturated heterocycles. The Labute approximate surface area is 152 Å². The van der Waals surface area contributed by atoms with Crippen LogP contribution in [0.3, 0.4) is 0 Å². The number of benzene rings is 1. The van der Waals surface area contributed by atoms with Crippen LogP contribution in [-0.2, 0) is 12.8 Å². The van der Waals surface area contributed by atoms with Crippen molar-refractivity contribution in [3.8, 4) is 11.4 Å². The van der Waals surface area contributed by atoms with Gasteiger partial charge in [-0.15, -0.1) is 0 Å². The maximum absolute atomic E-state index is 12.1. The molecule has 0 bridgehead atoms. The zero-order chi connectivity index (χ0) is 18.3. The molecule has 4 rings (SSSR count). The van der Waals surface area contributed by atoms with Gasteiger partial charge < -0.3 is 15.4 Å². The Kier molecular flexibility index (Phi) is 4.07. The SMILES string of the molecule is CC1(C)CCc2c(-c3cc4cc(C(=O)NCCO)ccc4[nH]3)n[nH]c2C1. The third kappa shape index (κ3) is 3.01. The van der Waals surface area contributed by atoms with Crippen molar-refractivity contribution >= 4 is 16.8 Å². The fraction of sp³-hybridized carbons (Fsp3) is 0.400. The predicted octanol–water partition coefficient (Wildman–Crippen LogP) is 2.79. The van der Waals surface area contributed by atoms with Gasteiger partial charge >= 0.3 is 0 Å². The van der Waals surface area contributed by atoms with Gasteiger partial charge in [0.25, 0.3) is 5.91 Å². The van der Waals surface area contributed by atoms with Gasteiger partial charge in [-0.3, -0.25) is 9.89 Å². The third-order valence-corrected chi connectivity index (χ3v) is 5.20. The molecule has 0 radical (unpaired) electrons. The molecule has 6 heteroatoms. The number of hydrogen-bond acceptors (Lipinski definition) is 3. The highest BCUT2D eigenvalue weighted by atomic mass is 16.3. The van der Waals surface area contributed by atoms with Crippen LogP contribution in [0.4, 0.5) is 0 Å². The van der Waals surface area contributed by atoms with E-state index < -0.39 is 0 Å². The van der Waals surface area contributed by atoms with Crippen LogP contribution in [0.5, 0.6) is 0 Å². The third-order valence-electron chi connectivity index (χ3n) is 5.20. The summed E-state index contributed by atoms with van der Waals surface area (Å²) < 4.78 is 0. The van der Waals surface area contributed by atoms with Crippen molar-refractivity contribution < 1.29 is 9.90 Å². The Balaban J connectivity index is 1.67. The van der Waals surface area contributed by atoms with Crippen molar-refractivity contribution in [2.75, 3.05) is 13.2 Å². The average molecular weight is 352 g/mol. The Morgan fingerprint density at radius 2 is 2.19 bits per heavy atom. The minimum atomic E-state index is -0.178. The van der Waals surface area contributed by atoms with Crippen molar-refractivity contribution in [1.82, 2.24) is 20.5 Å². The van der Waals surface area contributed by atoms with E-state index in [0.717, 1.165) is 41.6 Å². The summed E-state index contributed by atoms with van der Waals surface area (Å²) in [7, 11) is 0. The molecule has 0 saturated carbocycles. The maximum Gasteiger partial charge on any atom is 0.251 e. The van der Waals surface area contributed by atoms with Gasteiger partial charge in [-0.1, -0.05) is 13.8 Å². The van der Waals surface area contributed by atoms with Gasteiger partial charge in [0, 0.05) is 34.3 Å². The summed E-state index contributed by atoms with van der Waals surface area (Å²) in [5.74, 6) is -0.178. The van der Waals surface area contributed by atoms with E-state index in [1.807, 2.05) is 18.2 Å². The first-order valence-electron chi connectivity index (χ1n) is 9.05. The largest absolute Gasteiger partial charge is 0.395 e. The van der Waals surface area contributed by atoms with E-state index in [1.165, 1.54) is 11.3 Å². The van der Waals surface area contributed by atoms with Gasteiger partial charge in [0.2, 0.25) is 0 Å². The van der Waals surface area contributed by atoms with E-state index in [2.05, 4.69) is 34.3 Å². The van der Waals surface area contributed by atoms with Crippen LogP contribution < -0.4 is 5.32 Å². The van der Waals surface area contributed by atoms with Crippen molar-refractivity contribution in [3.05, 3.63) is 41.1 Å². The standard InChI is InChI=1S/C20H24N4O2/c1-20(2)6-5-14-17(11-20)23-24-18(14)16-10-13-9-12(3-4-15(13)22-16)19(26)21-7-8-25/h3-4,9-10,22,25H,5-8,11H2,1-2H3,(H,21,26)(H,23,24). The highest BCUT2D eigenvalue weighted by Crippen LogP contribution is 2.38. The summed E-state index contributed by atoms with van der Waals surface area (Å²) in [6.07, 6.45) is 3.20. The molecule has 0 spiro atoms. The molecular formula is C20H24N4O2. The molecule has 136 valence electrons. The number of amides is 1. The van der Waals surface area contributed by atoms with Crippen LogP contribution in [-0.4, -0.2) is 39.3 Å². The van der Waals surface area contributed by atoms with Gasteiger partial charge in [0.1, 0.15) is 5.69 Å². The fourth-order valence-corrected chi connectivity index (χ4v) is 3.74. The average Bonchev–Trinajstić information content (AvgIpc) is 3.20. The lowest BCUT2D eigenvalue weighted by molar-refractivity contribution is 0.0945. The first kappa shape index (κ1) is 16.8. The van der Waals surface area contributed by atoms with Crippen LogP contribution in [0.2, 0.25) is 0 Å². The van der Waals surface area contributed by atoms with Gasteiger partial charge in [0.05, 0.1) is 12.3 Å². The maximum atomic E-state index is 12.1. The zero-order valence-electron chi connectivity index (χ0n) is 15.1. The molecule has 2 heterocycles. The number of rotatable bonds is 4. The van der Waals surface area contributed by atoms with Gasteiger partial charge in [-0.25, -0.2) is 0 Å². The number of H-pyrrole nitrogens is 2. The molecule has 0 fully saturated rings. The van der Waals surface area contributed by atoms with Crippen LogP contribution >= 0.6 is 0 Å². The number of nitrogens with zero attached hydrogens (tertiary/aromatic N) is 1. The Morgan fingerprint density at radius 3 is 3.00 bits per heavy atom. The monoisotopic (exact) mass is 352 g/mol. The molecular weight excluding hydrogens is 328 g/mol. The summed E-state index contributed by atoms with van der Waals surface area (Å²) >= 11 is 0.